The van der Waals surface area contributed by atoms with Crippen molar-refractivity contribution in [3.05, 3.63) is 51.9 Å². The predicted octanol–water partition coefficient (Wildman–Crippen LogP) is 0.291. The van der Waals surface area contributed by atoms with Gasteiger partial charge in [-0.2, -0.15) is 4.57 Å². The topological polar surface area (TPSA) is 151 Å². The van der Waals surface area contributed by atoms with Crippen LogP contribution in [0, 0.1) is 0 Å². The molecule has 2 aliphatic heterocycles. The van der Waals surface area contributed by atoms with Crippen molar-refractivity contribution in [2.75, 3.05) is 18.6 Å². The van der Waals surface area contributed by atoms with E-state index in [1.165, 1.54) is 35.0 Å². The first-order chi connectivity index (χ1) is 16.9. The number of fused-ring (bicyclic) bond motifs is 2. The predicted molar refractivity (Wildman–Crippen MR) is 128 cm³/mol. The molecule has 5 rings (SSSR count). The molecule has 2 aromatic heterocycles. The van der Waals surface area contributed by atoms with Crippen LogP contribution >= 0.6 is 23.1 Å². The van der Waals surface area contributed by atoms with E-state index in [1.807, 2.05) is 12.3 Å². The van der Waals surface area contributed by atoms with E-state index in [0.29, 0.717) is 17.9 Å². The molecule has 0 aromatic carbocycles. The van der Waals surface area contributed by atoms with Gasteiger partial charge in [0.25, 0.3) is 11.8 Å². The Kier molecular flexibility index (Phi) is 6.19. The number of carboxylic acids is 1. The van der Waals surface area contributed by atoms with Gasteiger partial charge in [0.05, 0.1) is 0 Å². The molecule has 0 spiro atoms. The summed E-state index contributed by atoms with van der Waals surface area (Å²) in [5.74, 6) is -1.86. The molecule has 4 N–H and O–H groups in total. The van der Waals surface area contributed by atoms with Crippen LogP contribution in [-0.4, -0.2) is 62.8 Å². The maximum atomic E-state index is 13.0. The van der Waals surface area contributed by atoms with Crippen molar-refractivity contribution in [2.45, 2.75) is 37.2 Å². The molecule has 2 amide bonds. The van der Waals surface area contributed by atoms with Gasteiger partial charge in [-0.1, -0.05) is 5.16 Å². The molecule has 1 saturated heterocycles. The lowest BCUT2D eigenvalue weighted by Crippen LogP contribution is -2.71. The highest BCUT2D eigenvalue weighted by Crippen LogP contribution is 2.40. The Labute approximate surface area is 208 Å². The summed E-state index contributed by atoms with van der Waals surface area (Å²) in [6, 6.07) is 3.18. The number of anilines is 1. The number of rotatable bonds is 7. The van der Waals surface area contributed by atoms with E-state index in [1.54, 1.807) is 5.38 Å². The molecule has 0 bridgehead atoms. The first-order valence-corrected chi connectivity index (χ1v) is 12.9. The lowest BCUT2D eigenvalue weighted by molar-refractivity contribution is -0.696. The first-order valence-electron chi connectivity index (χ1n) is 10.9. The Bertz CT molecular complexity index is 1290. The number of amides is 2. The summed E-state index contributed by atoms with van der Waals surface area (Å²) in [4.78, 5) is 48.2. The van der Waals surface area contributed by atoms with Crippen LogP contribution in [0.15, 0.2) is 40.1 Å². The summed E-state index contributed by atoms with van der Waals surface area (Å²) >= 11 is 2.57. The van der Waals surface area contributed by atoms with Gasteiger partial charge in [0, 0.05) is 34.8 Å². The van der Waals surface area contributed by atoms with Gasteiger partial charge < -0.3 is 21.0 Å². The summed E-state index contributed by atoms with van der Waals surface area (Å²) in [6.07, 6.45) is 5.01. The number of oxime groups is 1. The Balaban J connectivity index is 1.36. The van der Waals surface area contributed by atoms with Crippen molar-refractivity contribution < 1.29 is 28.9 Å². The fraction of sp³-hybridized carbons (Fsp3) is 0.364. The number of carbonyl (C=O) groups is 3. The van der Waals surface area contributed by atoms with Crippen LogP contribution in [0.25, 0.3) is 0 Å². The number of nitrogens with zero attached hydrogens (tertiary/aromatic N) is 4. The van der Waals surface area contributed by atoms with Crippen molar-refractivity contribution in [3.8, 4) is 0 Å². The molecular formula is C22H23N6O5S2+. The molecule has 1 fully saturated rings. The average molecular weight is 516 g/mol. The van der Waals surface area contributed by atoms with E-state index in [9.17, 15) is 19.5 Å². The molecule has 0 unspecified atom stereocenters. The van der Waals surface area contributed by atoms with Crippen molar-refractivity contribution in [2.24, 2.45) is 5.16 Å². The number of aliphatic carboxylic acids is 1. The van der Waals surface area contributed by atoms with Gasteiger partial charge >= 0.3 is 5.97 Å². The molecule has 0 saturated carbocycles. The maximum Gasteiger partial charge on any atom is 0.352 e. The number of hydrogen-bond donors (Lipinski definition) is 3. The van der Waals surface area contributed by atoms with Crippen molar-refractivity contribution >= 4 is 51.7 Å². The number of thiazole rings is 1. The zero-order valence-electron chi connectivity index (χ0n) is 18.8. The van der Waals surface area contributed by atoms with E-state index >= 15 is 0 Å². The van der Waals surface area contributed by atoms with Gasteiger partial charge in [0.2, 0.25) is 0 Å². The highest BCUT2D eigenvalue weighted by Gasteiger charge is 2.55. The standard InChI is InChI=1S/C22H22N6O5S2/c1-33-26-15(13-10-35-22(23)24-13)18(29)25-16-19(30)28-17(21(31)32)12(9-34-20(16)28)8-27-7-3-5-11-4-2-6-14(11)27/h3,5,7,10,16,20H,2,4,6,8-9H2,1H3,(H3-,23,24,25,29,31,32)/p+1/b26-15-/t16-,20-/m1/s1. The van der Waals surface area contributed by atoms with E-state index in [0.717, 1.165) is 30.6 Å². The summed E-state index contributed by atoms with van der Waals surface area (Å²) in [7, 11) is 1.29. The molecule has 1 aliphatic carbocycles. The Hall–Kier alpha value is -3.45. The van der Waals surface area contributed by atoms with Crippen LogP contribution in [0.3, 0.4) is 0 Å². The fourth-order valence-corrected chi connectivity index (χ4v) is 6.56. The van der Waals surface area contributed by atoms with Gasteiger partial charge in [-0.15, -0.1) is 23.1 Å². The first kappa shape index (κ1) is 23.3. The van der Waals surface area contributed by atoms with E-state index in [2.05, 4.69) is 26.1 Å². The normalized spacial score (nSPS) is 21.3. The minimum Gasteiger partial charge on any atom is -0.477 e. The third-order valence-corrected chi connectivity index (χ3v) is 8.21. The van der Waals surface area contributed by atoms with Crippen molar-refractivity contribution in [3.63, 3.8) is 0 Å². The van der Waals surface area contributed by atoms with Gasteiger partial charge in [-0.05, 0) is 18.9 Å². The molecule has 2 aromatic rings. The molecule has 11 nitrogen and oxygen atoms in total. The van der Waals surface area contributed by atoms with Crippen LogP contribution < -0.4 is 15.6 Å². The van der Waals surface area contributed by atoms with Gasteiger partial charge in [0.15, 0.2) is 29.3 Å². The number of aryl methyl sites for hydroxylation is 1. The number of carboxylic acid groups (broad SMARTS) is 1. The van der Waals surface area contributed by atoms with Crippen LogP contribution in [0.1, 0.15) is 23.4 Å². The number of nitrogen functional groups attached to an aromatic ring is 1. The summed E-state index contributed by atoms with van der Waals surface area (Å²) in [6.45, 7) is 0.404. The second-order valence-electron chi connectivity index (χ2n) is 8.27. The third kappa shape index (κ3) is 4.14. The van der Waals surface area contributed by atoms with Crippen molar-refractivity contribution in [1.29, 1.82) is 0 Å². The summed E-state index contributed by atoms with van der Waals surface area (Å²) in [5.41, 5.74) is 8.92. The minimum atomic E-state index is -1.16. The summed E-state index contributed by atoms with van der Waals surface area (Å²) in [5, 5.41) is 17.7. The molecule has 0 radical (unpaired) electrons. The largest absolute Gasteiger partial charge is 0.477 e. The number of aromatic nitrogens is 2. The van der Waals surface area contributed by atoms with Gasteiger partial charge in [-0.3, -0.25) is 14.5 Å². The number of β-lactam (4-membered cyclic amide) rings is 1. The molecule has 4 heterocycles. The number of nitrogens with two attached hydrogens (primary N) is 1. The molecule has 35 heavy (non-hydrogen) atoms. The fourth-order valence-electron chi connectivity index (χ4n) is 4.67. The number of pyridine rings is 1. The van der Waals surface area contributed by atoms with Crippen LogP contribution in [0.5, 0.6) is 0 Å². The van der Waals surface area contributed by atoms with E-state index in [4.69, 9.17) is 10.6 Å². The summed E-state index contributed by atoms with van der Waals surface area (Å²) < 4.78 is 2.08. The van der Waals surface area contributed by atoms with Gasteiger partial charge in [0.1, 0.15) is 29.9 Å². The average Bonchev–Trinajstić information content (AvgIpc) is 3.49. The van der Waals surface area contributed by atoms with E-state index in [-0.39, 0.29) is 22.2 Å². The second kappa shape index (κ2) is 9.30. The molecule has 13 heteroatoms. The lowest BCUT2D eigenvalue weighted by Gasteiger charge is -2.49. The highest BCUT2D eigenvalue weighted by molar-refractivity contribution is 8.00. The number of thioether (sulfide) groups is 1. The Morgan fingerprint density at radius 3 is 2.97 bits per heavy atom. The Morgan fingerprint density at radius 1 is 1.43 bits per heavy atom. The monoisotopic (exact) mass is 515 g/mol. The number of nitrogens with one attached hydrogen (secondary N) is 1. The SMILES string of the molecule is CO/N=C(\C(=O)N[C@@H]1C(=O)N2C(C(=O)O)=C(C[n+]3cccc4c3CCC4)CS[C@H]12)c1csc(N)n1. The minimum absolute atomic E-state index is 0.00888. The number of carbonyl (C=O) groups excluding carboxylic acids is 2. The third-order valence-electron chi connectivity index (χ3n) is 6.20. The quantitative estimate of drug-likeness (QED) is 0.206. The Morgan fingerprint density at radius 2 is 2.26 bits per heavy atom. The molecule has 2 atom stereocenters. The highest BCUT2D eigenvalue weighted by atomic mass is 32.2. The van der Waals surface area contributed by atoms with Gasteiger partial charge in [-0.25, -0.2) is 9.78 Å². The smallest absolute Gasteiger partial charge is 0.352 e. The zero-order chi connectivity index (χ0) is 24.7. The van der Waals surface area contributed by atoms with E-state index < -0.39 is 29.2 Å². The zero-order valence-corrected chi connectivity index (χ0v) is 20.4. The number of hydrogen-bond acceptors (Lipinski definition) is 9. The van der Waals surface area contributed by atoms with Crippen LogP contribution in [0.2, 0.25) is 0 Å². The molecule has 3 aliphatic rings. The molecular weight excluding hydrogens is 492 g/mol. The van der Waals surface area contributed by atoms with Crippen molar-refractivity contribution in [1.82, 2.24) is 15.2 Å². The second-order valence-corrected chi connectivity index (χ2v) is 10.3. The van der Waals surface area contributed by atoms with Crippen LogP contribution in [-0.2, 0) is 38.6 Å². The maximum absolute atomic E-state index is 13.0. The molecule has 182 valence electrons. The van der Waals surface area contributed by atoms with Crippen LogP contribution in [0.4, 0.5) is 5.13 Å². The lowest BCUT2D eigenvalue weighted by atomic mass is 10.0.